The second-order valence-corrected chi connectivity index (χ2v) is 4.71. The van der Waals surface area contributed by atoms with Gasteiger partial charge in [-0.25, -0.2) is 13.2 Å². The van der Waals surface area contributed by atoms with Gasteiger partial charge in [-0.1, -0.05) is 6.07 Å². The van der Waals surface area contributed by atoms with Crippen LogP contribution in [0.2, 0.25) is 0 Å². The van der Waals surface area contributed by atoms with Gasteiger partial charge in [0.05, 0.1) is 11.4 Å². The van der Waals surface area contributed by atoms with Crippen LogP contribution in [-0.2, 0) is 0 Å². The summed E-state index contributed by atoms with van der Waals surface area (Å²) in [4.78, 5) is 0. The molecule has 5 heteroatoms. The van der Waals surface area contributed by atoms with E-state index in [0.717, 1.165) is 11.6 Å². The Balaban J connectivity index is 2.37. The lowest BCUT2D eigenvalue weighted by atomic mass is 10.2. The molecule has 0 saturated carbocycles. The van der Waals surface area contributed by atoms with E-state index in [4.69, 9.17) is 0 Å². The second-order valence-electron chi connectivity index (χ2n) is 3.85. The van der Waals surface area contributed by atoms with E-state index in [1.807, 2.05) is 19.1 Å². The minimum atomic E-state index is -1.21. The number of nitrogens with one attached hydrogen (secondary N) is 1. The molecule has 1 N–H and O–H groups in total. The van der Waals surface area contributed by atoms with E-state index in [1.54, 1.807) is 6.07 Å². The topological polar surface area (TPSA) is 12.0 Å². The minimum absolute atomic E-state index is 0.113. The number of rotatable bonds is 2. The van der Waals surface area contributed by atoms with Gasteiger partial charge in [0, 0.05) is 16.6 Å². The SMILES string of the molecule is Cc1ccc(Nc2cc(F)c(F)cc2F)c(Br)c1. The fourth-order valence-corrected chi connectivity index (χ4v) is 2.08. The summed E-state index contributed by atoms with van der Waals surface area (Å²) in [6, 6.07) is 6.68. The predicted octanol–water partition coefficient (Wildman–Crippen LogP) is 4.92. The highest BCUT2D eigenvalue weighted by Gasteiger charge is 2.10. The smallest absolute Gasteiger partial charge is 0.161 e. The number of hydrogen-bond donors (Lipinski definition) is 1. The van der Waals surface area contributed by atoms with Crippen molar-refractivity contribution in [3.63, 3.8) is 0 Å². The molecule has 18 heavy (non-hydrogen) atoms. The minimum Gasteiger partial charge on any atom is -0.352 e. The monoisotopic (exact) mass is 315 g/mol. The summed E-state index contributed by atoms with van der Waals surface area (Å²) in [5.74, 6) is -3.15. The standard InChI is InChI=1S/C13H9BrF3N/c1-7-2-3-12(8(14)4-7)18-13-6-10(16)9(15)5-11(13)17/h2-6,18H,1H3. The van der Waals surface area contributed by atoms with Crippen LogP contribution >= 0.6 is 15.9 Å². The van der Waals surface area contributed by atoms with Gasteiger partial charge in [0.2, 0.25) is 0 Å². The summed E-state index contributed by atoms with van der Waals surface area (Å²) >= 11 is 3.31. The summed E-state index contributed by atoms with van der Waals surface area (Å²) in [6.07, 6.45) is 0. The van der Waals surface area contributed by atoms with Gasteiger partial charge in [0.1, 0.15) is 5.82 Å². The number of hydrogen-bond acceptors (Lipinski definition) is 1. The molecular formula is C13H9BrF3N. The quantitative estimate of drug-likeness (QED) is 0.776. The molecule has 0 radical (unpaired) electrons. The molecule has 2 aromatic carbocycles. The van der Waals surface area contributed by atoms with E-state index in [0.29, 0.717) is 16.2 Å². The molecule has 0 fully saturated rings. The van der Waals surface area contributed by atoms with Crippen LogP contribution in [0, 0.1) is 24.4 Å². The third-order valence-electron chi connectivity index (χ3n) is 2.40. The van der Waals surface area contributed by atoms with Crippen LogP contribution in [0.25, 0.3) is 0 Å². The molecule has 0 atom stereocenters. The second kappa shape index (κ2) is 5.02. The lowest BCUT2D eigenvalue weighted by Gasteiger charge is -2.10. The lowest BCUT2D eigenvalue weighted by Crippen LogP contribution is -1.98. The van der Waals surface area contributed by atoms with E-state index in [9.17, 15) is 13.2 Å². The van der Waals surface area contributed by atoms with Crippen molar-refractivity contribution in [1.82, 2.24) is 0 Å². The van der Waals surface area contributed by atoms with E-state index < -0.39 is 17.5 Å². The van der Waals surface area contributed by atoms with Crippen LogP contribution in [0.3, 0.4) is 0 Å². The fourth-order valence-electron chi connectivity index (χ4n) is 1.48. The molecule has 0 saturated heterocycles. The van der Waals surface area contributed by atoms with Crippen molar-refractivity contribution >= 4 is 27.3 Å². The lowest BCUT2D eigenvalue weighted by molar-refractivity contribution is 0.496. The Labute approximate surface area is 111 Å². The van der Waals surface area contributed by atoms with Crippen LogP contribution < -0.4 is 5.32 Å². The fraction of sp³-hybridized carbons (Fsp3) is 0.0769. The summed E-state index contributed by atoms with van der Waals surface area (Å²) in [6.45, 7) is 1.91. The molecule has 0 spiro atoms. The van der Waals surface area contributed by atoms with Crippen molar-refractivity contribution in [3.05, 3.63) is 57.8 Å². The Bertz CT molecular complexity index is 599. The summed E-state index contributed by atoms with van der Waals surface area (Å²) < 4.78 is 40.0. The Hall–Kier alpha value is -1.49. The van der Waals surface area contributed by atoms with Gasteiger partial charge in [-0.2, -0.15) is 0 Å². The Morgan fingerprint density at radius 2 is 1.56 bits per heavy atom. The molecule has 2 aromatic rings. The van der Waals surface area contributed by atoms with Crippen molar-refractivity contribution in [2.75, 3.05) is 5.32 Å². The normalized spacial score (nSPS) is 10.5. The van der Waals surface area contributed by atoms with Crippen molar-refractivity contribution in [2.45, 2.75) is 6.92 Å². The molecule has 0 aliphatic heterocycles. The van der Waals surface area contributed by atoms with Crippen LogP contribution in [0.4, 0.5) is 24.5 Å². The van der Waals surface area contributed by atoms with Crippen LogP contribution in [0.15, 0.2) is 34.8 Å². The van der Waals surface area contributed by atoms with Crippen LogP contribution in [0.5, 0.6) is 0 Å². The van der Waals surface area contributed by atoms with Gasteiger partial charge in [-0.3, -0.25) is 0 Å². The summed E-state index contributed by atoms with van der Waals surface area (Å²) in [7, 11) is 0. The van der Waals surface area contributed by atoms with Crippen molar-refractivity contribution in [3.8, 4) is 0 Å². The van der Waals surface area contributed by atoms with Crippen LogP contribution in [0.1, 0.15) is 5.56 Å². The molecule has 1 nitrogen and oxygen atoms in total. The molecule has 94 valence electrons. The third-order valence-corrected chi connectivity index (χ3v) is 3.06. The van der Waals surface area contributed by atoms with Gasteiger partial charge < -0.3 is 5.32 Å². The maximum absolute atomic E-state index is 13.4. The Morgan fingerprint density at radius 1 is 0.889 bits per heavy atom. The van der Waals surface area contributed by atoms with Gasteiger partial charge >= 0.3 is 0 Å². The number of aryl methyl sites for hydroxylation is 1. The van der Waals surface area contributed by atoms with Gasteiger partial charge in [0.15, 0.2) is 11.6 Å². The van der Waals surface area contributed by atoms with Gasteiger partial charge in [0.25, 0.3) is 0 Å². The highest BCUT2D eigenvalue weighted by molar-refractivity contribution is 9.10. The first kappa shape index (κ1) is 13.0. The van der Waals surface area contributed by atoms with Crippen molar-refractivity contribution < 1.29 is 13.2 Å². The predicted molar refractivity (Wildman–Crippen MR) is 68.5 cm³/mol. The average molecular weight is 316 g/mol. The Kier molecular flexibility index (Phi) is 3.61. The molecule has 0 aromatic heterocycles. The zero-order valence-corrected chi connectivity index (χ0v) is 11.0. The summed E-state index contributed by atoms with van der Waals surface area (Å²) in [5.41, 5.74) is 1.49. The van der Waals surface area contributed by atoms with E-state index >= 15 is 0 Å². The van der Waals surface area contributed by atoms with E-state index in [2.05, 4.69) is 21.2 Å². The number of halogens is 4. The van der Waals surface area contributed by atoms with E-state index in [1.165, 1.54) is 0 Å². The van der Waals surface area contributed by atoms with Gasteiger partial charge in [-0.05, 0) is 40.5 Å². The largest absolute Gasteiger partial charge is 0.352 e. The van der Waals surface area contributed by atoms with E-state index in [-0.39, 0.29) is 5.69 Å². The average Bonchev–Trinajstić information content (AvgIpc) is 2.29. The zero-order chi connectivity index (χ0) is 13.3. The highest BCUT2D eigenvalue weighted by Crippen LogP contribution is 2.28. The Morgan fingerprint density at radius 3 is 2.22 bits per heavy atom. The molecule has 2 rings (SSSR count). The highest BCUT2D eigenvalue weighted by atomic mass is 79.9. The van der Waals surface area contributed by atoms with Crippen molar-refractivity contribution in [1.29, 1.82) is 0 Å². The molecule has 0 aliphatic carbocycles. The zero-order valence-electron chi connectivity index (χ0n) is 9.40. The van der Waals surface area contributed by atoms with Crippen molar-refractivity contribution in [2.24, 2.45) is 0 Å². The summed E-state index contributed by atoms with van der Waals surface area (Å²) in [5, 5.41) is 2.71. The number of benzene rings is 2. The third kappa shape index (κ3) is 2.67. The first-order valence-electron chi connectivity index (χ1n) is 5.15. The van der Waals surface area contributed by atoms with Gasteiger partial charge in [-0.15, -0.1) is 0 Å². The first-order chi connectivity index (χ1) is 8.47. The molecule has 0 aliphatic rings. The molecular weight excluding hydrogens is 307 g/mol. The molecule has 0 heterocycles. The molecule has 0 unspecified atom stereocenters. The molecule has 0 bridgehead atoms. The maximum Gasteiger partial charge on any atom is 0.161 e. The number of anilines is 2. The first-order valence-corrected chi connectivity index (χ1v) is 5.94. The van der Waals surface area contributed by atoms with Crippen LogP contribution in [-0.4, -0.2) is 0 Å². The molecule has 0 amide bonds. The maximum atomic E-state index is 13.4.